The van der Waals surface area contributed by atoms with Gasteiger partial charge in [0.05, 0.1) is 0 Å². The van der Waals surface area contributed by atoms with Gasteiger partial charge < -0.3 is 9.07 Å². The van der Waals surface area contributed by atoms with Gasteiger partial charge in [-0.3, -0.25) is 0 Å². The zero-order valence-electron chi connectivity index (χ0n) is 7.48. The lowest BCUT2D eigenvalue weighted by Crippen LogP contribution is -1.74. The van der Waals surface area contributed by atoms with Crippen LogP contribution in [0, 0.1) is 0 Å². The highest BCUT2D eigenvalue weighted by Gasteiger charge is 1.86. The van der Waals surface area contributed by atoms with Crippen molar-refractivity contribution in [2.45, 2.75) is 43.6 Å². The predicted octanol–water partition coefficient (Wildman–Crippen LogP) is 3.79. The fourth-order valence-electron chi connectivity index (χ4n) is 0.943. The lowest BCUT2D eigenvalue weighted by Gasteiger charge is -1.91. The summed E-state index contributed by atoms with van der Waals surface area (Å²) in [7, 11) is 5.67. The fourth-order valence-corrected chi connectivity index (χ4v) is 1.80. The van der Waals surface area contributed by atoms with Gasteiger partial charge in [0.2, 0.25) is 0 Å². The second-order valence-electron chi connectivity index (χ2n) is 2.80. The van der Waals surface area contributed by atoms with E-state index in [4.69, 9.17) is 9.07 Å². The molecular weight excluding hydrogens is 168 g/mol. The van der Waals surface area contributed by atoms with Crippen LogP contribution in [-0.2, 0) is 0 Å². The van der Waals surface area contributed by atoms with Crippen LogP contribution in [0.3, 0.4) is 0 Å². The molecule has 0 bridgehead atoms. The zero-order chi connectivity index (χ0) is 8.36. The topological polar surface area (TPSA) is 0 Å². The molecule has 11 heavy (non-hydrogen) atoms. The highest BCUT2D eigenvalue weighted by Crippen LogP contribution is 2.01. The van der Waals surface area contributed by atoms with Gasteiger partial charge in [-0.15, -0.1) is 4.55 Å². The van der Waals surface area contributed by atoms with Gasteiger partial charge in [-0.1, -0.05) is 38.3 Å². The van der Waals surface area contributed by atoms with Crippen LogP contribution in [0.4, 0.5) is 0 Å². The molecule has 0 radical (unpaired) electrons. The van der Waals surface area contributed by atoms with E-state index in [9.17, 15) is 0 Å². The molecule has 0 aromatic rings. The molecule has 0 aliphatic carbocycles. The summed E-state index contributed by atoms with van der Waals surface area (Å²) in [5, 5.41) is 0. The molecule has 0 aromatic heterocycles. The van der Waals surface area contributed by atoms with Gasteiger partial charge in [-0.2, -0.15) is 0 Å². The molecule has 0 rings (SSSR count). The van der Waals surface area contributed by atoms with Gasteiger partial charge in [-0.05, 0) is 12.8 Å². The Morgan fingerprint density at radius 3 is 2.55 bits per heavy atom. The quantitative estimate of drug-likeness (QED) is 0.321. The Bertz CT molecular complexity index is 91.6. The van der Waals surface area contributed by atoms with E-state index < -0.39 is 0 Å². The minimum absolute atomic E-state index is 0.209. The molecule has 0 aliphatic rings. The van der Waals surface area contributed by atoms with Crippen molar-refractivity contribution in [2.75, 3.05) is 0 Å². The van der Waals surface area contributed by atoms with Crippen LogP contribution in [0.2, 0.25) is 4.55 Å². The van der Waals surface area contributed by atoms with Crippen LogP contribution in [0.1, 0.15) is 39.0 Å². The van der Waals surface area contributed by atoms with Gasteiger partial charge in [0.1, 0.15) is 0 Å². The second-order valence-corrected chi connectivity index (χ2v) is 5.02. The van der Waals surface area contributed by atoms with E-state index in [0.717, 1.165) is 0 Å². The Balaban J connectivity index is 2.91. The van der Waals surface area contributed by atoms with Crippen molar-refractivity contribution in [3.05, 3.63) is 12.2 Å². The molecule has 0 nitrogen and oxygen atoms in total. The van der Waals surface area contributed by atoms with Gasteiger partial charge in [-0.25, -0.2) is 0 Å². The van der Waals surface area contributed by atoms with Crippen LogP contribution >= 0.6 is 9.07 Å². The van der Waals surface area contributed by atoms with Crippen LogP contribution in [0.15, 0.2) is 12.2 Å². The van der Waals surface area contributed by atoms with Crippen molar-refractivity contribution in [2.24, 2.45) is 0 Å². The molecule has 0 unspecified atom stereocenters. The number of rotatable bonds is 7. The van der Waals surface area contributed by atoms with Crippen LogP contribution in [0.25, 0.3) is 0 Å². The van der Waals surface area contributed by atoms with E-state index in [1.165, 1.54) is 36.7 Å². The van der Waals surface area contributed by atoms with Crippen LogP contribution < -0.4 is 0 Å². The summed E-state index contributed by atoms with van der Waals surface area (Å²) in [6.45, 7) is 2.24. The maximum atomic E-state index is 5.67. The molecule has 0 spiro atoms. The molecule has 0 fully saturated rings. The minimum Gasteiger partial charge on any atom is -0.346 e. The lowest BCUT2D eigenvalue weighted by atomic mass is 10.2. The van der Waals surface area contributed by atoms with E-state index >= 15 is 0 Å². The molecule has 0 heterocycles. The van der Waals surface area contributed by atoms with Crippen molar-refractivity contribution in [1.82, 2.24) is 0 Å². The summed E-state index contributed by atoms with van der Waals surface area (Å²) >= 11 is -0.209. The summed E-state index contributed by atoms with van der Waals surface area (Å²) in [6, 6.07) is 0. The van der Waals surface area contributed by atoms with Crippen molar-refractivity contribution >= 4 is 28.3 Å². The first-order valence-electron chi connectivity index (χ1n) is 4.62. The van der Waals surface area contributed by atoms with Gasteiger partial charge in [0, 0.05) is 0 Å². The van der Waals surface area contributed by atoms with Gasteiger partial charge in [0.25, 0.3) is 0 Å². The standard InChI is InChI=1S/C9H17.ClH.Mg/c1-3-5-7-9-8-6-4-2;;/h5,7H,1,3-4,6,8-9H2,2H3;1H;/q;;+1/p-1/b7-5-;;. The number of hydrogen-bond donors (Lipinski definition) is 0. The average molecular weight is 185 g/mol. The molecule has 0 atom stereocenters. The summed E-state index contributed by atoms with van der Waals surface area (Å²) in [4.78, 5) is 0. The largest absolute Gasteiger partial charge is 0.501 e. The molecule has 0 amide bonds. The van der Waals surface area contributed by atoms with E-state index in [0.29, 0.717) is 0 Å². The normalized spacial score (nSPS) is 10.4. The van der Waals surface area contributed by atoms with Gasteiger partial charge in [0.15, 0.2) is 0 Å². The highest BCUT2D eigenvalue weighted by atomic mass is 35.5. The van der Waals surface area contributed by atoms with Crippen molar-refractivity contribution in [1.29, 1.82) is 0 Å². The number of hydrogen-bond acceptors (Lipinski definition) is 0. The summed E-state index contributed by atoms with van der Waals surface area (Å²) < 4.78 is 1.26. The summed E-state index contributed by atoms with van der Waals surface area (Å²) in [5.41, 5.74) is 0. The maximum Gasteiger partial charge on any atom is 0.501 e. The Morgan fingerprint density at radius 1 is 1.18 bits per heavy atom. The summed E-state index contributed by atoms with van der Waals surface area (Å²) in [6.07, 6.45) is 11.1. The third-order valence-electron chi connectivity index (χ3n) is 1.65. The molecule has 0 aromatic carbocycles. The molecule has 0 aliphatic heterocycles. The molecule has 2 heteroatoms. The Morgan fingerprint density at radius 2 is 1.91 bits per heavy atom. The van der Waals surface area contributed by atoms with Crippen molar-refractivity contribution < 1.29 is 0 Å². The zero-order valence-corrected chi connectivity index (χ0v) is 9.65. The van der Waals surface area contributed by atoms with Crippen LogP contribution in [-0.4, -0.2) is 19.3 Å². The molecule has 0 saturated heterocycles. The van der Waals surface area contributed by atoms with Gasteiger partial charge >= 0.3 is 19.3 Å². The SMILES string of the molecule is CCCCC/C=C\C[CH2][Mg][Cl]. The Kier molecular flexibility index (Phi) is 11.6. The first-order valence-corrected chi connectivity index (χ1v) is 7.76. The average Bonchev–Trinajstić information content (AvgIpc) is 2.03. The van der Waals surface area contributed by atoms with Crippen molar-refractivity contribution in [3.8, 4) is 0 Å². The molecule has 0 saturated carbocycles. The first kappa shape index (κ1) is 11.8. The van der Waals surface area contributed by atoms with E-state index in [2.05, 4.69) is 19.1 Å². The second kappa shape index (κ2) is 10.8. The number of allylic oxidation sites excluding steroid dienone is 2. The number of halogens is 1. The Labute approximate surface area is 83.9 Å². The first-order chi connectivity index (χ1) is 5.41. The fraction of sp³-hybridized carbons (Fsp3) is 0.778. The molecular formula is C9H17ClMg. The van der Waals surface area contributed by atoms with E-state index in [1.807, 2.05) is 0 Å². The van der Waals surface area contributed by atoms with E-state index in [1.54, 1.807) is 0 Å². The third-order valence-corrected chi connectivity index (χ3v) is 3.12. The smallest absolute Gasteiger partial charge is 0.346 e. The molecule has 62 valence electrons. The lowest BCUT2D eigenvalue weighted by molar-refractivity contribution is 0.728. The van der Waals surface area contributed by atoms with Crippen molar-refractivity contribution in [3.63, 3.8) is 0 Å². The minimum atomic E-state index is -0.209. The van der Waals surface area contributed by atoms with E-state index in [-0.39, 0.29) is 19.3 Å². The third kappa shape index (κ3) is 10.8. The maximum absolute atomic E-state index is 5.67. The van der Waals surface area contributed by atoms with Crippen LogP contribution in [0.5, 0.6) is 0 Å². The predicted molar refractivity (Wildman–Crippen MR) is 54.3 cm³/mol. The Hall–Kier alpha value is 0.796. The highest BCUT2D eigenvalue weighted by molar-refractivity contribution is 6.93. The summed E-state index contributed by atoms with van der Waals surface area (Å²) in [5.74, 6) is 0. The molecule has 0 N–H and O–H groups in total. The monoisotopic (exact) mass is 184 g/mol. The number of unbranched alkanes of at least 4 members (excludes halogenated alkanes) is 3.